The summed E-state index contributed by atoms with van der Waals surface area (Å²) in [5.74, 6) is 0.130. The summed E-state index contributed by atoms with van der Waals surface area (Å²) in [7, 11) is 4.04. The largest absolute Gasteiger partial charge is 0.519 e. The fraction of sp³-hybridized carbons (Fsp3) is 0.400. The average Bonchev–Trinajstić information content (AvgIpc) is 3.21. The Kier molecular flexibility index (Phi) is 6.28. The van der Waals surface area contributed by atoms with Crippen molar-refractivity contribution in [3.05, 3.63) is 52.1 Å². The number of hydrogen-bond acceptors (Lipinski definition) is 8. The molecule has 0 saturated carbocycles. The zero-order valence-corrected chi connectivity index (χ0v) is 16.8. The predicted octanol–water partition coefficient (Wildman–Crippen LogP) is 3.20. The van der Waals surface area contributed by atoms with Crippen LogP contribution in [0.15, 0.2) is 38.0 Å². The molecule has 9 nitrogen and oxygen atoms in total. The summed E-state index contributed by atoms with van der Waals surface area (Å²) in [6.07, 6.45) is 0.971. The maximum absolute atomic E-state index is 11.9. The molecule has 0 fully saturated rings. The number of carbonyl (C=O) groups is 1. The van der Waals surface area contributed by atoms with Gasteiger partial charge < -0.3 is 32.9 Å². The summed E-state index contributed by atoms with van der Waals surface area (Å²) in [4.78, 5) is 28.3. The summed E-state index contributed by atoms with van der Waals surface area (Å²) < 4.78 is 25.4. The Morgan fingerprint density at radius 3 is 2.76 bits per heavy atom. The maximum atomic E-state index is 11.9. The van der Waals surface area contributed by atoms with Crippen LogP contribution in [-0.4, -0.2) is 43.0 Å². The molecule has 9 heteroatoms. The van der Waals surface area contributed by atoms with Crippen molar-refractivity contribution in [3.63, 3.8) is 0 Å². The van der Waals surface area contributed by atoms with Gasteiger partial charge in [0.1, 0.15) is 5.75 Å². The predicted molar refractivity (Wildman–Crippen MR) is 104 cm³/mol. The van der Waals surface area contributed by atoms with E-state index in [0.717, 1.165) is 29.4 Å². The number of aromatic amines is 1. The number of hydrogen-bond donors (Lipinski definition) is 1. The van der Waals surface area contributed by atoms with Crippen molar-refractivity contribution in [1.29, 1.82) is 0 Å². The van der Waals surface area contributed by atoms with Gasteiger partial charge in [0.25, 0.3) is 0 Å². The number of likely N-dealkylation sites (N-methyl/N-ethyl adjacent to an activating group) is 1. The minimum absolute atomic E-state index is 0.128. The molecule has 0 spiro atoms. The Hall–Kier alpha value is -3.20. The number of nitrogens with zero attached hydrogens (tertiary/aromatic N) is 1. The van der Waals surface area contributed by atoms with Gasteiger partial charge in [0.15, 0.2) is 18.1 Å². The second-order valence-corrected chi connectivity index (χ2v) is 6.82. The third-order valence-electron chi connectivity index (χ3n) is 4.29. The lowest BCUT2D eigenvalue weighted by Crippen LogP contribution is -2.21. The van der Waals surface area contributed by atoms with Crippen LogP contribution in [-0.2, 0) is 22.5 Å². The Morgan fingerprint density at radius 1 is 1.28 bits per heavy atom. The number of aryl methyl sites for hydroxylation is 1. The highest BCUT2D eigenvalue weighted by Gasteiger charge is 2.17. The van der Waals surface area contributed by atoms with E-state index in [2.05, 4.69) is 9.88 Å². The smallest absolute Gasteiger partial charge is 0.454 e. The molecule has 0 saturated heterocycles. The number of aromatic nitrogens is 1. The van der Waals surface area contributed by atoms with Crippen molar-refractivity contribution < 1.29 is 27.8 Å². The van der Waals surface area contributed by atoms with Crippen LogP contribution in [0.2, 0.25) is 0 Å². The number of rotatable bonds is 8. The Labute approximate surface area is 167 Å². The van der Waals surface area contributed by atoms with E-state index in [-0.39, 0.29) is 18.1 Å². The van der Waals surface area contributed by atoms with Gasteiger partial charge in [0.2, 0.25) is 6.29 Å². The van der Waals surface area contributed by atoms with E-state index in [0.29, 0.717) is 5.75 Å². The van der Waals surface area contributed by atoms with Crippen LogP contribution < -0.4 is 10.6 Å². The van der Waals surface area contributed by atoms with Gasteiger partial charge in [0, 0.05) is 30.6 Å². The van der Waals surface area contributed by atoms with E-state index in [1.807, 2.05) is 38.5 Å². The Balaban J connectivity index is 1.62. The molecule has 2 heterocycles. The first-order chi connectivity index (χ1) is 13.8. The zero-order chi connectivity index (χ0) is 21.0. The molecule has 1 N–H and O–H groups in total. The first-order valence-corrected chi connectivity index (χ1v) is 9.16. The van der Waals surface area contributed by atoms with Crippen LogP contribution in [0.1, 0.15) is 24.0 Å². The molecule has 1 aromatic carbocycles. The summed E-state index contributed by atoms with van der Waals surface area (Å²) in [5.41, 5.74) is 2.06. The number of ether oxygens (including phenoxy) is 3. The highest BCUT2D eigenvalue weighted by molar-refractivity contribution is 5.89. The van der Waals surface area contributed by atoms with Gasteiger partial charge in [-0.2, -0.15) is 0 Å². The fourth-order valence-corrected chi connectivity index (χ4v) is 2.86. The molecule has 1 unspecified atom stereocenters. The quantitative estimate of drug-likeness (QED) is 0.450. The highest BCUT2D eigenvalue weighted by Crippen LogP contribution is 2.30. The first kappa shape index (κ1) is 20.5. The van der Waals surface area contributed by atoms with Gasteiger partial charge >= 0.3 is 12.0 Å². The van der Waals surface area contributed by atoms with Gasteiger partial charge in [-0.05, 0) is 45.1 Å². The fourth-order valence-electron chi connectivity index (χ4n) is 2.86. The number of benzene rings is 1. The van der Waals surface area contributed by atoms with Crippen molar-refractivity contribution in [2.24, 2.45) is 0 Å². The molecule has 2 aromatic heterocycles. The van der Waals surface area contributed by atoms with Crippen LogP contribution >= 0.6 is 0 Å². The topological polar surface area (TPSA) is 107 Å². The lowest BCUT2D eigenvalue weighted by molar-refractivity contribution is -0.0561. The molecule has 0 aliphatic carbocycles. The number of carbonyl (C=O) groups excluding carboxylic acids is 1. The van der Waals surface area contributed by atoms with Crippen molar-refractivity contribution in [3.8, 4) is 5.75 Å². The van der Waals surface area contributed by atoms with Gasteiger partial charge in [0.05, 0.1) is 0 Å². The molecule has 0 radical (unpaired) electrons. The zero-order valence-electron chi connectivity index (χ0n) is 16.8. The summed E-state index contributed by atoms with van der Waals surface area (Å²) in [6.45, 7) is 3.75. The molecular weight excluding hydrogens is 380 g/mol. The summed E-state index contributed by atoms with van der Waals surface area (Å²) >= 11 is 0. The van der Waals surface area contributed by atoms with Gasteiger partial charge in [-0.25, -0.2) is 9.59 Å². The molecule has 3 rings (SSSR count). The van der Waals surface area contributed by atoms with E-state index in [9.17, 15) is 9.59 Å². The number of fused-ring (bicyclic) bond motifs is 1. The molecule has 0 aliphatic rings. The Bertz CT molecular complexity index is 1030. The van der Waals surface area contributed by atoms with Gasteiger partial charge in [-0.15, -0.1) is 0 Å². The van der Waals surface area contributed by atoms with E-state index in [1.54, 1.807) is 6.92 Å². The minimum Gasteiger partial charge on any atom is -0.454 e. The third kappa shape index (κ3) is 5.20. The lowest BCUT2D eigenvalue weighted by Gasteiger charge is -2.16. The van der Waals surface area contributed by atoms with Crippen LogP contribution in [0.3, 0.4) is 0 Å². The normalized spacial score (nSPS) is 12.3. The van der Waals surface area contributed by atoms with Crippen LogP contribution in [0.5, 0.6) is 5.75 Å². The summed E-state index contributed by atoms with van der Waals surface area (Å²) in [6, 6.07) is 5.64. The number of H-pyrrole nitrogens is 1. The molecule has 0 aliphatic heterocycles. The van der Waals surface area contributed by atoms with Crippen molar-refractivity contribution in [1.82, 2.24) is 9.88 Å². The van der Waals surface area contributed by atoms with Crippen LogP contribution in [0.25, 0.3) is 10.9 Å². The standard InChI is InChI=1S/C20H24N2O7/c1-12-17(29-20(24)26-12)11-25-19(23)28-13(2)27-16-7-5-6-15-18(16)14(10-21-15)8-9-22(3)4/h5-7,10,13,21H,8-9,11H2,1-4H3. The average molecular weight is 404 g/mol. The van der Waals surface area contributed by atoms with Crippen molar-refractivity contribution >= 4 is 17.1 Å². The number of nitrogens with one attached hydrogen (secondary N) is 1. The maximum Gasteiger partial charge on any atom is 0.519 e. The van der Waals surface area contributed by atoms with Gasteiger partial charge in [-0.1, -0.05) is 6.07 Å². The third-order valence-corrected chi connectivity index (χ3v) is 4.29. The second-order valence-electron chi connectivity index (χ2n) is 6.82. The monoisotopic (exact) mass is 404 g/mol. The van der Waals surface area contributed by atoms with E-state index in [1.165, 1.54) is 6.92 Å². The van der Waals surface area contributed by atoms with E-state index < -0.39 is 18.3 Å². The lowest BCUT2D eigenvalue weighted by atomic mass is 10.1. The molecule has 1 atom stereocenters. The molecular formula is C20H24N2O7. The minimum atomic E-state index is -0.949. The molecule has 156 valence electrons. The van der Waals surface area contributed by atoms with Crippen LogP contribution in [0.4, 0.5) is 4.79 Å². The van der Waals surface area contributed by atoms with E-state index in [4.69, 9.17) is 23.0 Å². The molecule has 3 aromatic rings. The first-order valence-electron chi connectivity index (χ1n) is 9.16. The Morgan fingerprint density at radius 2 is 2.07 bits per heavy atom. The van der Waals surface area contributed by atoms with Crippen molar-refractivity contribution in [2.75, 3.05) is 20.6 Å². The molecule has 29 heavy (non-hydrogen) atoms. The van der Waals surface area contributed by atoms with Crippen LogP contribution in [0, 0.1) is 6.92 Å². The van der Waals surface area contributed by atoms with Crippen molar-refractivity contribution in [2.45, 2.75) is 33.2 Å². The molecule has 0 bridgehead atoms. The van der Waals surface area contributed by atoms with Gasteiger partial charge in [-0.3, -0.25) is 0 Å². The highest BCUT2D eigenvalue weighted by atomic mass is 16.8. The molecule has 0 amide bonds. The summed E-state index contributed by atoms with van der Waals surface area (Å²) in [5, 5.41) is 0.953. The van der Waals surface area contributed by atoms with E-state index >= 15 is 0 Å². The SMILES string of the molecule is Cc1oc(=O)oc1COC(=O)OC(C)Oc1cccc2[nH]cc(CCN(C)C)c12. The second kappa shape index (κ2) is 8.87.